The SMILES string of the molecule is CCCCCCCCCCCCCCCOCC(CN)OP(=O)(O)OCC[N+](C)(C)C. The number of nitrogens with zero attached hydrogens (tertiary/aromatic N) is 1. The summed E-state index contributed by atoms with van der Waals surface area (Å²) in [7, 11) is 1.85. The topological polar surface area (TPSA) is 91.0 Å². The van der Waals surface area contributed by atoms with Crippen molar-refractivity contribution in [3.8, 4) is 0 Å². The number of nitrogens with two attached hydrogens (primary N) is 1. The molecule has 8 heteroatoms. The third-order valence-electron chi connectivity index (χ3n) is 5.26. The van der Waals surface area contributed by atoms with E-state index in [0.717, 1.165) is 12.8 Å². The van der Waals surface area contributed by atoms with E-state index in [1.807, 2.05) is 21.1 Å². The van der Waals surface area contributed by atoms with Gasteiger partial charge in [0, 0.05) is 13.2 Å². The summed E-state index contributed by atoms with van der Waals surface area (Å²) in [5.74, 6) is 0. The fourth-order valence-corrected chi connectivity index (χ4v) is 4.12. The molecular weight excluding hydrogens is 415 g/mol. The van der Waals surface area contributed by atoms with Gasteiger partial charge in [-0.3, -0.25) is 9.05 Å². The minimum absolute atomic E-state index is 0.113. The average Bonchev–Trinajstić information content (AvgIpc) is 2.68. The van der Waals surface area contributed by atoms with E-state index in [9.17, 15) is 9.46 Å². The van der Waals surface area contributed by atoms with E-state index >= 15 is 0 Å². The van der Waals surface area contributed by atoms with Crippen LogP contribution in [0.1, 0.15) is 90.4 Å². The van der Waals surface area contributed by atoms with Crippen LogP contribution in [0.2, 0.25) is 0 Å². The second-order valence-electron chi connectivity index (χ2n) is 9.60. The molecule has 0 spiro atoms. The van der Waals surface area contributed by atoms with Crippen LogP contribution in [0.25, 0.3) is 0 Å². The zero-order valence-corrected chi connectivity index (χ0v) is 21.8. The molecule has 0 aliphatic rings. The second kappa shape index (κ2) is 19.5. The molecule has 0 aromatic rings. The smallest absolute Gasteiger partial charge is 0.379 e. The molecule has 2 atom stereocenters. The molecule has 0 bridgehead atoms. The van der Waals surface area contributed by atoms with Crippen LogP contribution >= 0.6 is 7.82 Å². The molecule has 0 aliphatic carbocycles. The molecule has 2 unspecified atom stereocenters. The zero-order chi connectivity index (χ0) is 23.4. The average molecular weight is 468 g/mol. The Hall–Kier alpha value is -0.0100. The first-order valence-corrected chi connectivity index (χ1v) is 13.9. The van der Waals surface area contributed by atoms with Gasteiger partial charge in [-0.1, -0.05) is 84.0 Å². The largest absolute Gasteiger partial charge is 0.472 e. The highest BCUT2D eigenvalue weighted by Crippen LogP contribution is 2.44. The molecule has 188 valence electrons. The van der Waals surface area contributed by atoms with E-state index in [4.69, 9.17) is 19.5 Å². The lowest BCUT2D eigenvalue weighted by Gasteiger charge is -2.25. The van der Waals surface area contributed by atoms with Crippen LogP contribution in [-0.4, -0.2) is 69.5 Å². The summed E-state index contributed by atoms with van der Waals surface area (Å²) in [4.78, 5) is 9.83. The normalized spacial score (nSPS) is 15.2. The molecule has 0 saturated carbocycles. The number of phosphoric acid groups is 1. The number of phosphoric ester groups is 1. The van der Waals surface area contributed by atoms with Crippen molar-refractivity contribution in [3.63, 3.8) is 0 Å². The van der Waals surface area contributed by atoms with E-state index in [0.29, 0.717) is 17.6 Å². The van der Waals surface area contributed by atoms with Crippen LogP contribution in [0.3, 0.4) is 0 Å². The summed E-state index contributed by atoms with van der Waals surface area (Å²) in [5.41, 5.74) is 5.64. The highest BCUT2D eigenvalue weighted by atomic mass is 31.2. The first kappa shape index (κ1) is 31.0. The first-order chi connectivity index (χ1) is 14.7. The number of likely N-dealkylation sites (N-methyl/N-ethyl adjacent to an activating group) is 1. The van der Waals surface area contributed by atoms with Crippen molar-refractivity contribution in [1.82, 2.24) is 0 Å². The maximum Gasteiger partial charge on any atom is 0.472 e. The number of unbranched alkanes of at least 4 members (excludes halogenated alkanes) is 12. The molecule has 0 aliphatic heterocycles. The van der Waals surface area contributed by atoms with Gasteiger partial charge in [-0.2, -0.15) is 0 Å². The lowest BCUT2D eigenvalue weighted by molar-refractivity contribution is -0.870. The van der Waals surface area contributed by atoms with Gasteiger partial charge in [-0.05, 0) is 6.42 Å². The fourth-order valence-electron chi connectivity index (χ4n) is 3.23. The Morgan fingerprint density at radius 3 is 1.77 bits per heavy atom. The number of hydrogen-bond donors (Lipinski definition) is 2. The lowest BCUT2D eigenvalue weighted by Crippen LogP contribution is -2.37. The third kappa shape index (κ3) is 23.0. The van der Waals surface area contributed by atoms with E-state index < -0.39 is 13.9 Å². The highest BCUT2D eigenvalue weighted by molar-refractivity contribution is 7.47. The predicted molar refractivity (Wildman–Crippen MR) is 129 cm³/mol. The fraction of sp³-hybridized carbons (Fsp3) is 1.00. The van der Waals surface area contributed by atoms with Crippen molar-refractivity contribution in [2.24, 2.45) is 5.73 Å². The molecule has 0 radical (unpaired) electrons. The van der Waals surface area contributed by atoms with Crippen molar-refractivity contribution in [1.29, 1.82) is 0 Å². The molecule has 0 aromatic heterocycles. The first-order valence-electron chi connectivity index (χ1n) is 12.4. The Morgan fingerprint density at radius 2 is 1.32 bits per heavy atom. The summed E-state index contributed by atoms with van der Waals surface area (Å²) in [6, 6.07) is 0. The van der Waals surface area contributed by atoms with Crippen LogP contribution in [0.4, 0.5) is 0 Å². The highest BCUT2D eigenvalue weighted by Gasteiger charge is 2.27. The van der Waals surface area contributed by atoms with Gasteiger partial charge in [0.15, 0.2) is 0 Å². The van der Waals surface area contributed by atoms with E-state index in [-0.39, 0.29) is 19.8 Å². The quantitative estimate of drug-likeness (QED) is 0.121. The van der Waals surface area contributed by atoms with Crippen LogP contribution < -0.4 is 5.73 Å². The molecular formula is C23H52N2O5P+. The molecule has 0 amide bonds. The third-order valence-corrected chi connectivity index (χ3v) is 6.33. The van der Waals surface area contributed by atoms with Gasteiger partial charge >= 0.3 is 7.82 Å². The van der Waals surface area contributed by atoms with Gasteiger partial charge in [0.05, 0.1) is 27.7 Å². The van der Waals surface area contributed by atoms with E-state index in [1.54, 1.807) is 0 Å². The van der Waals surface area contributed by atoms with Gasteiger partial charge < -0.3 is 19.8 Å². The summed E-state index contributed by atoms with van der Waals surface area (Å²) in [6.45, 7) is 3.96. The van der Waals surface area contributed by atoms with Crippen LogP contribution in [0.15, 0.2) is 0 Å². The van der Waals surface area contributed by atoms with Gasteiger partial charge in [0.2, 0.25) is 0 Å². The Balaban J connectivity index is 3.58. The van der Waals surface area contributed by atoms with Crippen molar-refractivity contribution in [3.05, 3.63) is 0 Å². The van der Waals surface area contributed by atoms with Crippen LogP contribution in [-0.2, 0) is 18.3 Å². The van der Waals surface area contributed by atoms with Crippen LogP contribution in [0.5, 0.6) is 0 Å². The number of rotatable bonds is 23. The number of quaternary nitrogens is 1. The van der Waals surface area contributed by atoms with Crippen molar-refractivity contribution < 1.29 is 27.7 Å². The maximum atomic E-state index is 12.0. The molecule has 0 saturated heterocycles. The van der Waals surface area contributed by atoms with Crippen molar-refractivity contribution in [2.45, 2.75) is 96.5 Å². The second-order valence-corrected chi connectivity index (χ2v) is 11.0. The van der Waals surface area contributed by atoms with Gasteiger partial charge in [0.25, 0.3) is 0 Å². The molecule has 0 heterocycles. The summed E-state index contributed by atoms with van der Waals surface area (Å²) < 4.78 is 28.4. The molecule has 31 heavy (non-hydrogen) atoms. The van der Waals surface area contributed by atoms with Crippen molar-refractivity contribution >= 4 is 7.82 Å². The Bertz CT molecular complexity index is 446. The molecule has 3 N–H and O–H groups in total. The molecule has 0 aromatic carbocycles. The van der Waals surface area contributed by atoms with Gasteiger partial charge in [-0.25, -0.2) is 4.57 Å². The van der Waals surface area contributed by atoms with Crippen LogP contribution in [0, 0.1) is 0 Å². The lowest BCUT2D eigenvalue weighted by atomic mass is 10.0. The standard InChI is InChI=1S/C23H51N2O5P/c1-5-6-7-8-9-10-11-12-13-14-15-16-17-19-28-22-23(21-24)30-31(26,27)29-20-18-25(2,3)4/h23H,5-22,24H2,1-4H3/p+1. The predicted octanol–water partition coefficient (Wildman–Crippen LogP) is 5.26. The Kier molecular flexibility index (Phi) is 19.5. The summed E-state index contributed by atoms with van der Waals surface area (Å²) in [6.07, 6.45) is 16.4. The Labute approximate surface area is 192 Å². The maximum absolute atomic E-state index is 12.0. The molecule has 0 fully saturated rings. The monoisotopic (exact) mass is 467 g/mol. The minimum Gasteiger partial charge on any atom is -0.379 e. The summed E-state index contributed by atoms with van der Waals surface area (Å²) >= 11 is 0. The minimum atomic E-state index is -4.11. The number of ether oxygens (including phenoxy) is 1. The van der Waals surface area contributed by atoms with E-state index in [1.165, 1.54) is 70.6 Å². The Morgan fingerprint density at radius 1 is 0.839 bits per heavy atom. The van der Waals surface area contributed by atoms with Gasteiger partial charge in [-0.15, -0.1) is 0 Å². The summed E-state index contributed by atoms with van der Waals surface area (Å²) in [5, 5.41) is 0. The molecule has 7 nitrogen and oxygen atoms in total. The van der Waals surface area contributed by atoms with E-state index in [2.05, 4.69) is 6.92 Å². The molecule has 0 rings (SSSR count). The van der Waals surface area contributed by atoms with Gasteiger partial charge in [0.1, 0.15) is 19.3 Å². The number of hydrogen-bond acceptors (Lipinski definition) is 5. The zero-order valence-electron chi connectivity index (χ0n) is 20.9. The van der Waals surface area contributed by atoms with Crippen molar-refractivity contribution in [2.75, 3.05) is 54.1 Å².